The molecule has 1 saturated carbocycles. The number of benzene rings is 2. The minimum atomic E-state index is -3.99. The normalized spacial score (nSPS) is 20.1. The van der Waals surface area contributed by atoms with E-state index < -0.39 is 27.8 Å². The van der Waals surface area contributed by atoms with Gasteiger partial charge in [-0.2, -0.15) is 4.31 Å². The largest absolute Gasteiger partial charge is 0.480 e. The van der Waals surface area contributed by atoms with Gasteiger partial charge in [-0.3, -0.25) is 4.79 Å². The van der Waals surface area contributed by atoms with E-state index in [0.717, 1.165) is 26.3 Å². The standard InChI is InChI=1S/C24H28BrNO6S/c1-26(22(23(27)28)19-11-13-24(14-12-19)31-15-2-16-32-24)33(29,30)21-9-5-18(6-10-21)17-3-7-20(25)8-4-17/h3-10,19,22H,2,11-16H2,1H3,(H,27,28)/t22-/m1/s1. The van der Waals surface area contributed by atoms with Crippen molar-refractivity contribution in [1.29, 1.82) is 0 Å². The molecule has 1 aliphatic heterocycles. The van der Waals surface area contributed by atoms with Crippen LogP contribution in [0.2, 0.25) is 0 Å². The molecule has 0 unspecified atom stereocenters. The van der Waals surface area contributed by atoms with Gasteiger partial charge in [0.05, 0.1) is 18.1 Å². The van der Waals surface area contributed by atoms with E-state index in [1.165, 1.54) is 19.2 Å². The lowest BCUT2D eigenvalue weighted by Gasteiger charge is -2.44. The number of ether oxygens (including phenoxy) is 2. The lowest BCUT2D eigenvalue weighted by atomic mass is 9.80. The highest BCUT2D eigenvalue weighted by Crippen LogP contribution is 2.40. The van der Waals surface area contributed by atoms with Crippen molar-refractivity contribution in [3.63, 3.8) is 0 Å². The second-order valence-corrected chi connectivity index (χ2v) is 11.5. The zero-order chi connectivity index (χ0) is 23.6. The summed E-state index contributed by atoms with van der Waals surface area (Å²) in [6, 6.07) is 13.1. The molecule has 1 saturated heterocycles. The first kappa shape index (κ1) is 24.3. The molecule has 178 valence electrons. The van der Waals surface area contributed by atoms with E-state index >= 15 is 0 Å². The van der Waals surface area contributed by atoms with Gasteiger partial charge in [0.1, 0.15) is 6.04 Å². The first-order valence-corrected chi connectivity index (χ1v) is 13.3. The Balaban J connectivity index is 1.51. The summed E-state index contributed by atoms with van der Waals surface area (Å²) in [5.41, 5.74) is 1.84. The Hall–Kier alpha value is -1.78. The predicted molar refractivity (Wildman–Crippen MR) is 127 cm³/mol. The minimum Gasteiger partial charge on any atom is -0.480 e. The SMILES string of the molecule is CN([C@@H](C(=O)O)C1CCC2(CC1)OCCCO2)S(=O)(=O)c1ccc(-c2ccc(Br)cc2)cc1. The topological polar surface area (TPSA) is 93.1 Å². The van der Waals surface area contributed by atoms with E-state index in [4.69, 9.17) is 9.47 Å². The van der Waals surface area contributed by atoms with E-state index in [0.29, 0.717) is 38.9 Å². The highest BCUT2D eigenvalue weighted by molar-refractivity contribution is 9.10. The van der Waals surface area contributed by atoms with Crippen molar-refractivity contribution in [2.75, 3.05) is 20.3 Å². The number of nitrogens with zero attached hydrogens (tertiary/aromatic N) is 1. The monoisotopic (exact) mass is 537 g/mol. The molecule has 9 heteroatoms. The molecule has 1 atom stereocenters. The minimum absolute atomic E-state index is 0.0725. The molecule has 1 spiro atoms. The van der Waals surface area contributed by atoms with Crippen molar-refractivity contribution in [2.45, 2.75) is 48.8 Å². The molecular formula is C24H28BrNO6S. The van der Waals surface area contributed by atoms with Gasteiger partial charge in [-0.05, 0) is 60.6 Å². The van der Waals surface area contributed by atoms with Crippen LogP contribution in [0.3, 0.4) is 0 Å². The van der Waals surface area contributed by atoms with Gasteiger partial charge in [-0.25, -0.2) is 8.42 Å². The summed E-state index contributed by atoms with van der Waals surface area (Å²) >= 11 is 3.40. The Bertz CT molecular complexity index is 1070. The highest BCUT2D eigenvalue weighted by Gasteiger charge is 2.45. The van der Waals surface area contributed by atoms with Gasteiger partial charge in [-0.15, -0.1) is 0 Å². The molecule has 2 aromatic rings. The quantitative estimate of drug-likeness (QED) is 0.582. The van der Waals surface area contributed by atoms with E-state index in [1.807, 2.05) is 24.3 Å². The average Bonchev–Trinajstić information content (AvgIpc) is 2.81. The fourth-order valence-corrected chi connectivity index (χ4v) is 6.37. The third kappa shape index (κ3) is 5.17. The van der Waals surface area contributed by atoms with Gasteiger partial charge >= 0.3 is 5.97 Å². The van der Waals surface area contributed by atoms with Gasteiger partial charge in [0, 0.05) is 24.4 Å². The first-order valence-electron chi connectivity index (χ1n) is 11.1. The number of carboxylic acids is 1. The molecule has 0 bridgehead atoms. The molecule has 33 heavy (non-hydrogen) atoms. The fraction of sp³-hybridized carbons (Fsp3) is 0.458. The molecule has 1 aliphatic carbocycles. The third-order valence-corrected chi connectivity index (χ3v) is 8.99. The number of sulfonamides is 1. The molecule has 2 fully saturated rings. The molecule has 0 aromatic heterocycles. The van der Waals surface area contributed by atoms with E-state index in [1.54, 1.807) is 12.1 Å². The van der Waals surface area contributed by atoms with Crippen LogP contribution in [0.1, 0.15) is 32.1 Å². The zero-order valence-corrected chi connectivity index (χ0v) is 20.8. The fourth-order valence-electron chi connectivity index (χ4n) is 4.73. The maximum absolute atomic E-state index is 13.3. The summed E-state index contributed by atoms with van der Waals surface area (Å²) in [5, 5.41) is 9.95. The van der Waals surface area contributed by atoms with Crippen LogP contribution < -0.4 is 0 Å². The number of halogens is 1. The summed E-state index contributed by atoms with van der Waals surface area (Å²) in [6.07, 6.45) is 3.04. The smallest absolute Gasteiger partial charge is 0.322 e. The number of rotatable bonds is 6. The number of carbonyl (C=O) groups is 1. The lowest BCUT2D eigenvalue weighted by molar-refractivity contribution is -0.283. The predicted octanol–water partition coefficient (Wildman–Crippen LogP) is 4.51. The van der Waals surface area contributed by atoms with E-state index in [2.05, 4.69) is 15.9 Å². The molecule has 4 rings (SSSR count). The molecule has 2 aromatic carbocycles. The maximum atomic E-state index is 13.3. The second kappa shape index (κ2) is 9.84. The van der Waals surface area contributed by atoms with Crippen molar-refractivity contribution in [1.82, 2.24) is 4.31 Å². The average molecular weight is 538 g/mol. The molecule has 7 nitrogen and oxygen atoms in total. The summed E-state index contributed by atoms with van der Waals surface area (Å²) in [5.74, 6) is -2.10. The summed E-state index contributed by atoms with van der Waals surface area (Å²) in [4.78, 5) is 12.3. The van der Waals surface area contributed by atoms with Crippen LogP contribution >= 0.6 is 15.9 Å². The van der Waals surface area contributed by atoms with Crippen LogP contribution in [0.25, 0.3) is 11.1 Å². The van der Waals surface area contributed by atoms with Crippen LogP contribution in [0.15, 0.2) is 57.9 Å². The molecule has 1 heterocycles. The van der Waals surface area contributed by atoms with Crippen LogP contribution in [0.5, 0.6) is 0 Å². The van der Waals surface area contributed by atoms with E-state index in [9.17, 15) is 18.3 Å². The molecule has 2 aliphatic rings. The van der Waals surface area contributed by atoms with Crippen LogP contribution in [0, 0.1) is 5.92 Å². The van der Waals surface area contributed by atoms with Crippen LogP contribution in [-0.2, 0) is 24.3 Å². The highest BCUT2D eigenvalue weighted by atomic mass is 79.9. The van der Waals surface area contributed by atoms with Crippen molar-refractivity contribution in [3.8, 4) is 11.1 Å². The molecule has 1 N–H and O–H groups in total. The third-order valence-electron chi connectivity index (χ3n) is 6.61. The van der Waals surface area contributed by atoms with Crippen molar-refractivity contribution in [3.05, 3.63) is 53.0 Å². The number of likely N-dealkylation sites (N-methyl/N-ethyl adjacent to an activating group) is 1. The molecule has 0 amide bonds. The maximum Gasteiger partial charge on any atom is 0.322 e. The Morgan fingerprint density at radius 2 is 1.55 bits per heavy atom. The Labute approximate surface area is 202 Å². The number of aliphatic carboxylic acids is 1. The first-order chi connectivity index (χ1) is 15.7. The van der Waals surface area contributed by atoms with Gasteiger partial charge in [0.15, 0.2) is 5.79 Å². The second-order valence-electron chi connectivity index (χ2n) is 8.63. The number of carboxylic acid groups (broad SMARTS) is 1. The van der Waals surface area contributed by atoms with Crippen LogP contribution in [0.4, 0.5) is 0 Å². The van der Waals surface area contributed by atoms with E-state index in [-0.39, 0.29) is 10.8 Å². The van der Waals surface area contributed by atoms with Crippen molar-refractivity contribution >= 4 is 31.9 Å². The Kier molecular flexibility index (Phi) is 7.26. The van der Waals surface area contributed by atoms with Crippen LogP contribution in [-0.4, -0.2) is 55.9 Å². The van der Waals surface area contributed by atoms with Gasteiger partial charge in [-0.1, -0.05) is 40.2 Å². The van der Waals surface area contributed by atoms with Crippen molar-refractivity contribution < 1.29 is 27.8 Å². The van der Waals surface area contributed by atoms with Gasteiger partial charge < -0.3 is 14.6 Å². The number of hydrogen-bond acceptors (Lipinski definition) is 5. The summed E-state index contributed by atoms with van der Waals surface area (Å²) < 4.78 is 40.3. The summed E-state index contributed by atoms with van der Waals surface area (Å²) in [7, 11) is -2.63. The van der Waals surface area contributed by atoms with Crippen molar-refractivity contribution in [2.24, 2.45) is 5.92 Å². The molecule has 0 radical (unpaired) electrons. The lowest BCUT2D eigenvalue weighted by Crippen LogP contribution is -2.51. The Morgan fingerprint density at radius 3 is 2.06 bits per heavy atom. The zero-order valence-electron chi connectivity index (χ0n) is 18.4. The molecular weight excluding hydrogens is 510 g/mol. The van der Waals surface area contributed by atoms with Gasteiger partial charge in [0.2, 0.25) is 10.0 Å². The Morgan fingerprint density at radius 1 is 1.03 bits per heavy atom. The summed E-state index contributed by atoms with van der Waals surface area (Å²) in [6.45, 7) is 1.27. The number of hydrogen-bond donors (Lipinski definition) is 1. The van der Waals surface area contributed by atoms with Gasteiger partial charge in [0.25, 0.3) is 0 Å².